The van der Waals surface area contributed by atoms with Crippen LogP contribution in [0.1, 0.15) is 41.3 Å². The fourth-order valence-corrected chi connectivity index (χ4v) is 3.39. The van der Waals surface area contributed by atoms with E-state index in [0.29, 0.717) is 30.4 Å². The second kappa shape index (κ2) is 6.88. The van der Waals surface area contributed by atoms with E-state index < -0.39 is 0 Å². The first-order valence-corrected chi connectivity index (χ1v) is 8.70. The summed E-state index contributed by atoms with van der Waals surface area (Å²) < 4.78 is 16.9. The van der Waals surface area contributed by atoms with Gasteiger partial charge in [0, 0.05) is 25.8 Å². The molecule has 1 amide bonds. The van der Waals surface area contributed by atoms with Crippen LogP contribution in [0.25, 0.3) is 0 Å². The maximum absolute atomic E-state index is 13.1. The van der Waals surface area contributed by atoms with Crippen molar-refractivity contribution in [2.24, 2.45) is 0 Å². The maximum Gasteiger partial charge on any atom is 0.257 e. The van der Waals surface area contributed by atoms with Crippen LogP contribution in [-0.2, 0) is 4.74 Å². The van der Waals surface area contributed by atoms with Gasteiger partial charge in [-0.25, -0.2) is 0 Å². The van der Waals surface area contributed by atoms with Gasteiger partial charge in [0.1, 0.15) is 18.1 Å². The molecule has 0 N–H and O–H groups in total. The van der Waals surface area contributed by atoms with Gasteiger partial charge in [-0.15, -0.1) is 0 Å². The van der Waals surface area contributed by atoms with Gasteiger partial charge in [0.2, 0.25) is 0 Å². The number of hydrogen-bond donors (Lipinski definition) is 0. The van der Waals surface area contributed by atoms with Crippen LogP contribution in [0.2, 0.25) is 0 Å². The summed E-state index contributed by atoms with van der Waals surface area (Å²) in [6, 6.07) is 5.45. The van der Waals surface area contributed by atoms with E-state index in [-0.39, 0.29) is 18.1 Å². The minimum Gasteiger partial charge on any atom is -0.490 e. The molecule has 6 nitrogen and oxygen atoms in total. The van der Waals surface area contributed by atoms with E-state index in [0.717, 1.165) is 25.0 Å². The van der Waals surface area contributed by atoms with Gasteiger partial charge >= 0.3 is 0 Å². The molecule has 2 fully saturated rings. The van der Waals surface area contributed by atoms with Crippen LogP contribution in [0.3, 0.4) is 0 Å². The summed E-state index contributed by atoms with van der Waals surface area (Å²) in [5, 5.41) is 0. The number of likely N-dealkylation sites (tertiary alicyclic amines) is 1. The highest BCUT2D eigenvalue weighted by atomic mass is 16.5. The Kier molecular flexibility index (Phi) is 4.44. The third-order valence-electron chi connectivity index (χ3n) is 4.92. The van der Waals surface area contributed by atoms with E-state index in [4.69, 9.17) is 13.9 Å². The highest BCUT2D eigenvalue weighted by Gasteiger charge is 2.39. The summed E-state index contributed by atoms with van der Waals surface area (Å²) in [6.45, 7) is 1.000. The summed E-state index contributed by atoms with van der Waals surface area (Å²) in [5.74, 6) is 1.95. The first-order valence-electron chi connectivity index (χ1n) is 8.70. The van der Waals surface area contributed by atoms with Crippen LogP contribution in [0.4, 0.5) is 0 Å². The zero-order chi connectivity index (χ0) is 17.2. The van der Waals surface area contributed by atoms with Gasteiger partial charge in [0.25, 0.3) is 5.91 Å². The largest absolute Gasteiger partial charge is 0.490 e. The number of pyridine rings is 1. The van der Waals surface area contributed by atoms with Crippen LogP contribution in [0, 0.1) is 0 Å². The average Bonchev–Trinajstić information content (AvgIpc) is 3.22. The van der Waals surface area contributed by atoms with Crippen LogP contribution in [0.5, 0.6) is 5.75 Å². The van der Waals surface area contributed by atoms with Crippen molar-refractivity contribution in [3.63, 3.8) is 0 Å². The second-order valence-electron chi connectivity index (χ2n) is 6.68. The van der Waals surface area contributed by atoms with Gasteiger partial charge < -0.3 is 18.8 Å². The normalized spacial score (nSPS) is 23.0. The van der Waals surface area contributed by atoms with Crippen LogP contribution in [0.15, 0.2) is 41.3 Å². The Morgan fingerprint density at radius 2 is 2.28 bits per heavy atom. The molecule has 1 saturated heterocycles. The van der Waals surface area contributed by atoms with E-state index in [1.165, 1.54) is 0 Å². The molecular formula is C19H22N2O4. The van der Waals surface area contributed by atoms with Crippen LogP contribution in [-0.4, -0.2) is 48.2 Å². The Morgan fingerprint density at radius 1 is 1.40 bits per heavy atom. The zero-order valence-electron chi connectivity index (χ0n) is 14.3. The molecule has 25 heavy (non-hydrogen) atoms. The third-order valence-corrected chi connectivity index (χ3v) is 4.92. The summed E-state index contributed by atoms with van der Waals surface area (Å²) in [7, 11) is 1.69. The zero-order valence-corrected chi connectivity index (χ0v) is 14.3. The first-order chi connectivity index (χ1) is 12.3. The van der Waals surface area contributed by atoms with Gasteiger partial charge in [0.05, 0.1) is 30.2 Å². The molecular weight excluding hydrogens is 320 g/mol. The average molecular weight is 342 g/mol. The fourth-order valence-electron chi connectivity index (χ4n) is 3.39. The third kappa shape index (κ3) is 3.39. The number of hydrogen-bond acceptors (Lipinski definition) is 5. The van der Waals surface area contributed by atoms with Crippen molar-refractivity contribution >= 4 is 5.91 Å². The van der Waals surface area contributed by atoms with E-state index in [1.807, 2.05) is 17.0 Å². The Balaban J connectivity index is 1.49. The summed E-state index contributed by atoms with van der Waals surface area (Å²) in [5.41, 5.74) is 0.686. The first kappa shape index (κ1) is 16.1. The molecule has 1 aliphatic heterocycles. The molecule has 1 aliphatic carbocycles. The Labute approximate surface area is 146 Å². The Bertz CT molecular complexity index is 726. The summed E-state index contributed by atoms with van der Waals surface area (Å²) in [4.78, 5) is 19.0. The molecule has 0 bridgehead atoms. The van der Waals surface area contributed by atoms with Crippen LogP contribution < -0.4 is 4.74 Å². The van der Waals surface area contributed by atoms with Crippen molar-refractivity contribution < 1.29 is 18.7 Å². The van der Waals surface area contributed by atoms with Crippen molar-refractivity contribution in [3.05, 3.63) is 48.2 Å². The quantitative estimate of drug-likeness (QED) is 0.808. The topological polar surface area (TPSA) is 64.8 Å². The van der Waals surface area contributed by atoms with Crippen LogP contribution >= 0.6 is 0 Å². The predicted octanol–water partition coefficient (Wildman–Crippen LogP) is 2.86. The number of rotatable bonds is 6. The molecule has 4 rings (SSSR count). The van der Waals surface area contributed by atoms with E-state index in [9.17, 15) is 4.79 Å². The number of aromatic nitrogens is 1. The number of carbonyl (C=O) groups excluding carboxylic acids is 1. The molecule has 6 heteroatoms. The Hall–Kier alpha value is -2.34. The molecule has 2 aromatic heterocycles. The lowest BCUT2D eigenvalue weighted by molar-refractivity contribution is 0.0655. The number of nitrogens with zero attached hydrogens (tertiary/aromatic N) is 2. The molecule has 0 aromatic carbocycles. The highest BCUT2D eigenvalue weighted by molar-refractivity contribution is 5.96. The van der Waals surface area contributed by atoms with E-state index >= 15 is 0 Å². The maximum atomic E-state index is 13.1. The van der Waals surface area contributed by atoms with Crippen molar-refractivity contribution in [3.8, 4) is 5.75 Å². The molecule has 3 heterocycles. The van der Waals surface area contributed by atoms with Gasteiger partial charge in [-0.2, -0.15) is 0 Å². The SMILES string of the molecule is CO[C@@H]1C[C@@H](COc2cccnc2)N(C(=O)c2ccoc2C2CC2)C1. The Morgan fingerprint density at radius 3 is 3.00 bits per heavy atom. The number of methoxy groups -OCH3 is 1. The van der Waals surface area contributed by atoms with Gasteiger partial charge in [-0.1, -0.05) is 0 Å². The van der Waals surface area contributed by atoms with E-state index in [2.05, 4.69) is 4.98 Å². The van der Waals surface area contributed by atoms with Crippen molar-refractivity contribution in [2.75, 3.05) is 20.3 Å². The van der Waals surface area contributed by atoms with Crippen molar-refractivity contribution in [1.29, 1.82) is 0 Å². The lowest BCUT2D eigenvalue weighted by Crippen LogP contribution is -2.39. The molecule has 0 spiro atoms. The molecule has 0 unspecified atom stereocenters. The molecule has 132 valence electrons. The minimum absolute atomic E-state index is 0.00925. The lowest BCUT2D eigenvalue weighted by atomic mass is 10.1. The minimum atomic E-state index is -0.0281. The molecule has 2 aromatic rings. The fraction of sp³-hybridized carbons (Fsp3) is 0.474. The van der Waals surface area contributed by atoms with E-state index in [1.54, 1.807) is 31.8 Å². The molecule has 2 atom stereocenters. The smallest absolute Gasteiger partial charge is 0.257 e. The summed E-state index contributed by atoms with van der Waals surface area (Å²) in [6.07, 6.45) is 7.99. The molecule has 0 radical (unpaired) electrons. The predicted molar refractivity (Wildman–Crippen MR) is 90.7 cm³/mol. The molecule has 1 saturated carbocycles. The van der Waals surface area contributed by atoms with Crippen molar-refractivity contribution in [2.45, 2.75) is 37.3 Å². The number of amides is 1. The van der Waals surface area contributed by atoms with Gasteiger partial charge in [-0.3, -0.25) is 9.78 Å². The monoisotopic (exact) mass is 342 g/mol. The number of furan rings is 1. The standard InChI is InChI=1S/C19H22N2O4/c1-23-16-9-14(12-25-15-3-2-7-20-10-15)21(11-16)19(22)17-6-8-24-18(17)13-4-5-13/h2-3,6-8,10,13-14,16H,4-5,9,11-12H2,1H3/t14-,16+/m0/s1. The second-order valence-corrected chi connectivity index (χ2v) is 6.68. The number of ether oxygens (including phenoxy) is 2. The lowest BCUT2D eigenvalue weighted by Gasteiger charge is -2.24. The van der Waals surface area contributed by atoms with Crippen molar-refractivity contribution in [1.82, 2.24) is 9.88 Å². The summed E-state index contributed by atoms with van der Waals surface area (Å²) >= 11 is 0. The van der Waals surface area contributed by atoms with Gasteiger partial charge in [-0.05, 0) is 37.5 Å². The highest BCUT2D eigenvalue weighted by Crippen LogP contribution is 2.42. The number of carbonyl (C=O) groups is 1. The molecule has 2 aliphatic rings. The van der Waals surface area contributed by atoms with Gasteiger partial charge in [0.15, 0.2) is 0 Å².